The monoisotopic (exact) mass is 399 g/mol. The van der Waals surface area contributed by atoms with Crippen molar-refractivity contribution in [1.82, 2.24) is 4.90 Å². The summed E-state index contributed by atoms with van der Waals surface area (Å²) in [6, 6.07) is 12.2. The maximum absolute atomic E-state index is 12.6. The van der Waals surface area contributed by atoms with Gasteiger partial charge in [0.1, 0.15) is 17.6 Å². The van der Waals surface area contributed by atoms with Crippen molar-refractivity contribution in [2.24, 2.45) is 0 Å². The summed E-state index contributed by atoms with van der Waals surface area (Å²) >= 11 is 5.84. The molecule has 8 heteroatoms. The summed E-state index contributed by atoms with van der Waals surface area (Å²) in [6.07, 6.45) is -3.56. The highest BCUT2D eigenvalue weighted by atomic mass is 35.5. The van der Waals surface area contributed by atoms with Crippen LogP contribution in [0.15, 0.2) is 48.5 Å². The van der Waals surface area contributed by atoms with Gasteiger partial charge in [-0.2, -0.15) is 0 Å². The van der Waals surface area contributed by atoms with Crippen LogP contribution in [-0.2, 0) is 0 Å². The molecule has 1 saturated heterocycles. The van der Waals surface area contributed by atoms with Crippen LogP contribution in [0.2, 0.25) is 5.02 Å². The number of piperidine rings is 1. The molecule has 3 rings (SSSR count). The van der Waals surface area contributed by atoms with E-state index in [4.69, 9.17) is 16.3 Å². The highest BCUT2D eigenvalue weighted by Crippen LogP contribution is 2.25. The molecule has 2 aromatic carbocycles. The molecule has 0 spiro atoms. The molecule has 2 aromatic rings. The number of carbonyl (C=O) groups is 1. The third-order valence-corrected chi connectivity index (χ3v) is 4.41. The second-order valence-corrected chi connectivity index (χ2v) is 6.58. The number of hydrogen-bond acceptors (Lipinski definition) is 3. The number of amides is 1. The molecule has 0 atom stereocenters. The van der Waals surface area contributed by atoms with Gasteiger partial charge in [0.05, 0.1) is 0 Å². The van der Waals surface area contributed by atoms with Gasteiger partial charge in [-0.3, -0.25) is 4.79 Å². The fraction of sp³-hybridized carbons (Fsp3) is 0.316. The Bertz CT molecular complexity index is 788. The quantitative estimate of drug-likeness (QED) is 0.732. The predicted octanol–water partition coefficient (Wildman–Crippen LogP) is 4.92. The number of halogens is 4. The smallest absolute Gasteiger partial charge is 0.490 e. The van der Waals surface area contributed by atoms with Crippen molar-refractivity contribution in [3.63, 3.8) is 0 Å². The van der Waals surface area contributed by atoms with E-state index in [1.807, 2.05) is 0 Å². The summed E-state index contributed by atoms with van der Waals surface area (Å²) in [5.74, 6) is -0.0250. The van der Waals surface area contributed by atoms with E-state index in [1.165, 1.54) is 12.1 Å². The van der Waals surface area contributed by atoms with Gasteiger partial charge in [-0.25, -0.2) is 0 Å². The number of carbonyl (C=O) groups excluding carboxylic acids is 1. The highest BCUT2D eigenvalue weighted by Gasteiger charge is 2.31. The summed E-state index contributed by atoms with van der Waals surface area (Å²) in [4.78, 5) is 14.2. The molecule has 144 valence electrons. The predicted molar refractivity (Wildman–Crippen MR) is 94.1 cm³/mol. The molecule has 1 aliphatic rings. The Morgan fingerprint density at radius 3 is 2.33 bits per heavy atom. The van der Waals surface area contributed by atoms with Gasteiger partial charge in [0, 0.05) is 36.5 Å². The van der Waals surface area contributed by atoms with Gasteiger partial charge in [-0.05, 0) is 42.5 Å². The number of rotatable bonds is 4. The molecule has 0 aliphatic carbocycles. The minimum Gasteiger partial charge on any atom is -0.490 e. The molecular formula is C19H17ClF3NO3. The lowest BCUT2D eigenvalue weighted by Gasteiger charge is -2.32. The molecule has 4 nitrogen and oxygen atoms in total. The standard InChI is InChI=1S/C19H17ClF3NO3/c20-14-4-6-15(7-5-14)26-16-8-10-24(11-9-16)18(25)13-2-1-3-17(12-13)27-19(21,22)23/h1-7,12,16H,8-11H2. The fourth-order valence-electron chi connectivity index (χ4n) is 2.89. The van der Waals surface area contributed by atoms with E-state index in [0.717, 1.165) is 12.1 Å². The van der Waals surface area contributed by atoms with Crippen LogP contribution in [0.5, 0.6) is 11.5 Å². The van der Waals surface area contributed by atoms with Crippen LogP contribution in [0, 0.1) is 0 Å². The minimum atomic E-state index is -4.79. The summed E-state index contributed by atoms with van der Waals surface area (Å²) in [5.41, 5.74) is 0.161. The van der Waals surface area contributed by atoms with Crippen molar-refractivity contribution in [3.05, 3.63) is 59.1 Å². The zero-order chi connectivity index (χ0) is 19.4. The molecule has 0 aromatic heterocycles. The number of nitrogens with zero attached hydrogens (tertiary/aromatic N) is 1. The van der Waals surface area contributed by atoms with Crippen molar-refractivity contribution in [1.29, 1.82) is 0 Å². The molecule has 0 N–H and O–H groups in total. The number of hydrogen-bond donors (Lipinski definition) is 0. The number of ether oxygens (including phenoxy) is 2. The Morgan fingerprint density at radius 2 is 1.70 bits per heavy atom. The van der Waals surface area contributed by atoms with E-state index in [0.29, 0.717) is 36.7 Å². The second kappa shape index (κ2) is 8.08. The molecule has 1 aliphatic heterocycles. The Hall–Kier alpha value is -2.41. The maximum Gasteiger partial charge on any atom is 0.573 e. The van der Waals surface area contributed by atoms with Crippen LogP contribution in [0.4, 0.5) is 13.2 Å². The summed E-state index contributed by atoms with van der Waals surface area (Å²) < 4.78 is 46.8. The molecular weight excluding hydrogens is 383 g/mol. The van der Waals surface area contributed by atoms with Crippen LogP contribution in [-0.4, -0.2) is 36.4 Å². The van der Waals surface area contributed by atoms with E-state index < -0.39 is 12.1 Å². The molecule has 1 heterocycles. The van der Waals surface area contributed by atoms with Gasteiger partial charge in [0.25, 0.3) is 5.91 Å². The molecule has 0 bridgehead atoms. The van der Waals surface area contributed by atoms with E-state index >= 15 is 0 Å². The Balaban J connectivity index is 1.57. The van der Waals surface area contributed by atoms with Crippen molar-refractivity contribution in [2.75, 3.05) is 13.1 Å². The summed E-state index contributed by atoms with van der Waals surface area (Å²) in [5, 5.41) is 0.625. The van der Waals surface area contributed by atoms with Gasteiger partial charge in [0.15, 0.2) is 0 Å². The normalized spacial score (nSPS) is 15.5. The largest absolute Gasteiger partial charge is 0.573 e. The molecule has 0 radical (unpaired) electrons. The van der Waals surface area contributed by atoms with E-state index in [1.54, 1.807) is 29.2 Å². The Morgan fingerprint density at radius 1 is 1.04 bits per heavy atom. The van der Waals surface area contributed by atoms with Crippen LogP contribution >= 0.6 is 11.6 Å². The third kappa shape index (κ3) is 5.53. The summed E-state index contributed by atoms with van der Waals surface area (Å²) in [6.45, 7) is 0.920. The van der Waals surface area contributed by atoms with Gasteiger partial charge in [-0.1, -0.05) is 17.7 Å². The van der Waals surface area contributed by atoms with Crippen molar-refractivity contribution in [2.45, 2.75) is 25.3 Å². The summed E-state index contributed by atoms with van der Waals surface area (Å²) in [7, 11) is 0. The lowest BCUT2D eigenvalue weighted by atomic mass is 10.1. The fourth-order valence-corrected chi connectivity index (χ4v) is 3.02. The van der Waals surface area contributed by atoms with Crippen LogP contribution in [0.1, 0.15) is 23.2 Å². The number of likely N-dealkylation sites (tertiary alicyclic amines) is 1. The molecule has 0 unspecified atom stereocenters. The van der Waals surface area contributed by atoms with Crippen LogP contribution in [0.25, 0.3) is 0 Å². The van der Waals surface area contributed by atoms with Gasteiger partial charge in [-0.15, -0.1) is 13.2 Å². The molecule has 27 heavy (non-hydrogen) atoms. The molecule has 1 amide bonds. The average molecular weight is 400 g/mol. The number of alkyl halides is 3. The molecule has 0 saturated carbocycles. The van der Waals surface area contributed by atoms with Crippen molar-refractivity contribution >= 4 is 17.5 Å². The SMILES string of the molecule is O=C(c1cccc(OC(F)(F)F)c1)N1CCC(Oc2ccc(Cl)cc2)CC1. The first-order valence-corrected chi connectivity index (χ1v) is 8.75. The average Bonchev–Trinajstić information content (AvgIpc) is 2.62. The zero-order valence-electron chi connectivity index (χ0n) is 14.2. The first-order chi connectivity index (χ1) is 12.8. The van der Waals surface area contributed by atoms with E-state index in [9.17, 15) is 18.0 Å². The van der Waals surface area contributed by atoms with Gasteiger partial charge < -0.3 is 14.4 Å². The van der Waals surface area contributed by atoms with Gasteiger partial charge >= 0.3 is 6.36 Å². The lowest BCUT2D eigenvalue weighted by Crippen LogP contribution is -2.41. The topological polar surface area (TPSA) is 38.8 Å². The minimum absolute atomic E-state index is 0.0323. The van der Waals surface area contributed by atoms with Crippen LogP contribution in [0.3, 0.4) is 0 Å². The highest BCUT2D eigenvalue weighted by molar-refractivity contribution is 6.30. The zero-order valence-corrected chi connectivity index (χ0v) is 15.0. The van der Waals surface area contributed by atoms with Crippen molar-refractivity contribution in [3.8, 4) is 11.5 Å². The Kier molecular flexibility index (Phi) is 5.79. The first-order valence-electron chi connectivity index (χ1n) is 8.37. The Labute approximate surface area is 159 Å². The van der Waals surface area contributed by atoms with E-state index in [-0.39, 0.29) is 17.6 Å². The first kappa shape index (κ1) is 19.4. The lowest BCUT2D eigenvalue weighted by molar-refractivity contribution is -0.274. The van der Waals surface area contributed by atoms with E-state index in [2.05, 4.69) is 4.74 Å². The third-order valence-electron chi connectivity index (χ3n) is 4.16. The van der Waals surface area contributed by atoms with Crippen molar-refractivity contribution < 1.29 is 27.4 Å². The van der Waals surface area contributed by atoms with Gasteiger partial charge in [0.2, 0.25) is 0 Å². The second-order valence-electron chi connectivity index (χ2n) is 6.14. The maximum atomic E-state index is 12.6. The number of benzene rings is 2. The molecule has 1 fully saturated rings. The van der Waals surface area contributed by atoms with Crippen LogP contribution < -0.4 is 9.47 Å².